The molecule has 0 radical (unpaired) electrons. The third-order valence-electron chi connectivity index (χ3n) is 2.52. The zero-order valence-electron chi connectivity index (χ0n) is 10.4. The summed E-state index contributed by atoms with van der Waals surface area (Å²) < 4.78 is 5.37. The fraction of sp³-hybridized carbons (Fsp3) is 0.727. The van der Waals surface area contributed by atoms with Gasteiger partial charge in [-0.25, -0.2) is 0 Å². The highest BCUT2D eigenvalue weighted by atomic mass is 35.5. The lowest BCUT2D eigenvalue weighted by Gasteiger charge is -2.22. The number of aromatic nitrogens is 3. The van der Waals surface area contributed by atoms with Gasteiger partial charge in [0.25, 0.3) is 0 Å². The predicted molar refractivity (Wildman–Crippen MR) is 74.6 cm³/mol. The van der Waals surface area contributed by atoms with Crippen molar-refractivity contribution >= 4 is 29.3 Å². The number of rotatable bonds is 5. The van der Waals surface area contributed by atoms with Gasteiger partial charge < -0.3 is 10.1 Å². The molecule has 1 aromatic rings. The number of hydrogen-bond donors (Lipinski definition) is 1. The highest BCUT2D eigenvalue weighted by molar-refractivity contribution is 7.99. The molecule has 1 N–H and O–H groups in total. The molecule has 1 aliphatic heterocycles. The monoisotopic (exact) mass is 288 g/mol. The third-order valence-corrected chi connectivity index (χ3v) is 3.90. The van der Waals surface area contributed by atoms with E-state index in [2.05, 4.69) is 20.3 Å². The minimum Gasteiger partial charge on any atom is -0.463 e. The van der Waals surface area contributed by atoms with Gasteiger partial charge in [0.15, 0.2) is 0 Å². The van der Waals surface area contributed by atoms with Crippen molar-refractivity contribution in [2.75, 3.05) is 23.4 Å². The first kappa shape index (κ1) is 13.7. The van der Waals surface area contributed by atoms with Crippen LogP contribution in [0.5, 0.6) is 6.01 Å². The zero-order valence-corrected chi connectivity index (χ0v) is 11.9. The van der Waals surface area contributed by atoms with Gasteiger partial charge >= 0.3 is 6.01 Å². The summed E-state index contributed by atoms with van der Waals surface area (Å²) >= 11 is 7.81. The number of nitrogens with one attached hydrogen (secondary N) is 1. The standard InChI is InChI=1S/C11H17ClN4OS/c1-2-5-17-11-15-9(12)14-10(16-11)13-8-4-3-6-18-7-8/h8H,2-7H2,1H3,(H,13,14,15,16). The second kappa shape index (κ2) is 6.99. The van der Waals surface area contributed by atoms with E-state index in [1.165, 1.54) is 12.2 Å². The fourth-order valence-electron chi connectivity index (χ4n) is 1.69. The molecule has 2 rings (SSSR count). The van der Waals surface area contributed by atoms with E-state index in [1.54, 1.807) is 0 Å². The Labute approximate surface area is 116 Å². The Morgan fingerprint density at radius 2 is 2.33 bits per heavy atom. The van der Waals surface area contributed by atoms with E-state index in [1.807, 2.05) is 18.7 Å². The molecule has 0 amide bonds. The second-order valence-electron chi connectivity index (χ2n) is 4.12. The molecule has 1 unspecified atom stereocenters. The van der Waals surface area contributed by atoms with Gasteiger partial charge in [-0.05, 0) is 36.6 Å². The highest BCUT2D eigenvalue weighted by Gasteiger charge is 2.15. The van der Waals surface area contributed by atoms with E-state index in [0.29, 0.717) is 24.6 Å². The highest BCUT2D eigenvalue weighted by Crippen LogP contribution is 2.20. The third kappa shape index (κ3) is 4.17. The first-order chi connectivity index (χ1) is 8.78. The van der Waals surface area contributed by atoms with Crippen molar-refractivity contribution < 1.29 is 4.74 Å². The molecule has 1 fully saturated rings. The molecule has 0 bridgehead atoms. The number of hydrogen-bond acceptors (Lipinski definition) is 6. The number of anilines is 1. The average molecular weight is 289 g/mol. The molecule has 18 heavy (non-hydrogen) atoms. The van der Waals surface area contributed by atoms with E-state index in [-0.39, 0.29) is 5.28 Å². The van der Waals surface area contributed by atoms with Gasteiger partial charge in [-0.3, -0.25) is 0 Å². The van der Waals surface area contributed by atoms with Gasteiger partial charge in [-0.15, -0.1) is 0 Å². The van der Waals surface area contributed by atoms with Gasteiger partial charge in [0.1, 0.15) is 0 Å². The van der Waals surface area contributed by atoms with Crippen LogP contribution in [0.2, 0.25) is 5.28 Å². The lowest BCUT2D eigenvalue weighted by atomic mass is 10.2. The van der Waals surface area contributed by atoms with Gasteiger partial charge in [0.2, 0.25) is 11.2 Å². The number of halogens is 1. The maximum atomic E-state index is 5.86. The SMILES string of the molecule is CCCOc1nc(Cl)nc(NC2CCCSC2)n1. The summed E-state index contributed by atoms with van der Waals surface area (Å²) in [7, 11) is 0. The molecule has 0 aromatic carbocycles. The summed E-state index contributed by atoms with van der Waals surface area (Å²) in [5, 5.41) is 3.46. The maximum Gasteiger partial charge on any atom is 0.322 e. The van der Waals surface area contributed by atoms with Crippen LogP contribution in [0.15, 0.2) is 0 Å². The summed E-state index contributed by atoms with van der Waals surface area (Å²) in [6.07, 6.45) is 3.27. The van der Waals surface area contributed by atoms with Crippen molar-refractivity contribution in [3.63, 3.8) is 0 Å². The molecule has 1 aromatic heterocycles. The Morgan fingerprint density at radius 3 is 3.06 bits per heavy atom. The fourth-order valence-corrected chi connectivity index (χ4v) is 2.92. The molecular formula is C11H17ClN4OS. The molecule has 0 saturated carbocycles. The Kier molecular flexibility index (Phi) is 5.31. The van der Waals surface area contributed by atoms with Crippen LogP contribution in [-0.4, -0.2) is 39.1 Å². The smallest absolute Gasteiger partial charge is 0.322 e. The first-order valence-electron chi connectivity index (χ1n) is 6.16. The molecule has 7 heteroatoms. The minimum absolute atomic E-state index is 0.169. The Bertz CT molecular complexity index is 387. The van der Waals surface area contributed by atoms with E-state index in [9.17, 15) is 0 Å². The number of nitrogens with zero attached hydrogens (tertiary/aromatic N) is 3. The minimum atomic E-state index is 0.169. The molecule has 1 aliphatic rings. The zero-order chi connectivity index (χ0) is 12.8. The molecule has 1 saturated heterocycles. The molecule has 100 valence electrons. The van der Waals surface area contributed by atoms with Crippen molar-refractivity contribution in [2.45, 2.75) is 32.2 Å². The van der Waals surface area contributed by atoms with Gasteiger partial charge in [0, 0.05) is 11.8 Å². The van der Waals surface area contributed by atoms with E-state index in [0.717, 1.165) is 18.6 Å². The van der Waals surface area contributed by atoms with Gasteiger partial charge in [-0.1, -0.05) is 6.92 Å². The van der Waals surface area contributed by atoms with Crippen LogP contribution in [0.1, 0.15) is 26.2 Å². The molecular weight excluding hydrogens is 272 g/mol. The van der Waals surface area contributed by atoms with Crippen LogP contribution >= 0.6 is 23.4 Å². The summed E-state index contributed by atoms with van der Waals surface area (Å²) in [6.45, 7) is 2.61. The first-order valence-corrected chi connectivity index (χ1v) is 7.70. The van der Waals surface area contributed by atoms with Crippen LogP contribution in [0.4, 0.5) is 5.95 Å². The second-order valence-corrected chi connectivity index (χ2v) is 5.61. The van der Waals surface area contributed by atoms with Crippen LogP contribution in [0.25, 0.3) is 0 Å². The van der Waals surface area contributed by atoms with Crippen LogP contribution in [0.3, 0.4) is 0 Å². The van der Waals surface area contributed by atoms with Crippen molar-refractivity contribution in [3.8, 4) is 6.01 Å². The van der Waals surface area contributed by atoms with Crippen molar-refractivity contribution in [1.29, 1.82) is 0 Å². The summed E-state index contributed by atoms with van der Waals surface area (Å²) in [6, 6.07) is 0.698. The summed E-state index contributed by atoms with van der Waals surface area (Å²) in [5.41, 5.74) is 0. The molecule has 2 heterocycles. The lowest BCUT2D eigenvalue weighted by Crippen LogP contribution is -2.27. The maximum absolute atomic E-state index is 5.86. The van der Waals surface area contributed by atoms with Gasteiger partial charge in [-0.2, -0.15) is 26.7 Å². The van der Waals surface area contributed by atoms with Crippen molar-refractivity contribution in [1.82, 2.24) is 15.0 Å². The van der Waals surface area contributed by atoms with E-state index in [4.69, 9.17) is 16.3 Å². The summed E-state index contributed by atoms with van der Waals surface area (Å²) in [4.78, 5) is 12.2. The Hall–Kier alpha value is -0.750. The van der Waals surface area contributed by atoms with Crippen LogP contribution in [-0.2, 0) is 0 Å². The quantitative estimate of drug-likeness (QED) is 0.899. The largest absolute Gasteiger partial charge is 0.463 e. The molecule has 1 atom stereocenters. The van der Waals surface area contributed by atoms with Crippen molar-refractivity contribution in [2.24, 2.45) is 0 Å². The normalized spacial score (nSPS) is 19.6. The number of thioether (sulfide) groups is 1. The van der Waals surface area contributed by atoms with E-state index >= 15 is 0 Å². The van der Waals surface area contributed by atoms with E-state index < -0.39 is 0 Å². The van der Waals surface area contributed by atoms with Crippen molar-refractivity contribution in [3.05, 3.63) is 5.28 Å². The predicted octanol–water partition coefficient (Wildman–Crippen LogP) is 2.62. The summed E-state index contributed by atoms with van der Waals surface area (Å²) in [5.74, 6) is 2.82. The lowest BCUT2D eigenvalue weighted by molar-refractivity contribution is 0.291. The Morgan fingerprint density at radius 1 is 1.44 bits per heavy atom. The average Bonchev–Trinajstić information content (AvgIpc) is 2.37. The molecule has 0 spiro atoms. The molecule has 0 aliphatic carbocycles. The number of ether oxygens (including phenoxy) is 1. The topological polar surface area (TPSA) is 59.9 Å². The van der Waals surface area contributed by atoms with Gasteiger partial charge in [0.05, 0.1) is 6.61 Å². The Balaban J connectivity index is 1.99. The molecule has 5 nitrogen and oxygen atoms in total. The van der Waals surface area contributed by atoms with Crippen LogP contribution < -0.4 is 10.1 Å². The van der Waals surface area contributed by atoms with Crippen LogP contribution in [0, 0.1) is 0 Å².